The quantitative estimate of drug-likeness (QED) is 0.717. The molecule has 1 fully saturated rings. The van der Waals surface area contributed by atoms with Gasteiger partial charge in [-0.25, -0.2) is 4.98 Å². The number of nitrogens with one attached hydrogen (secondary N) is 1. The van der Waals surface area contributed by atoms with E-state index in [0.717, 1.165) is 12.8 Å². The van der Waals surface area contributed by atoms with Crippen molar-refractivity contribution in [3.05, 3.63) is 28.4 Å². The zero-order valence-electron chi connectivity index (χ0n) is 16.8. The number of rotatable bonds is 6. The van der Waals surface area contributed by atoms with E-state index in [9.17, 15) is 4.79 Å². The summed E-state index contributed by atoms with van der Waals surface area (Å²) in [4.78, 5) is 16.1. The van der Waals surface area contributed by atoms with Crippen molar-refractivity contribution >= 4 is 25.6 Å². The van der Waals surface area contributed by atoms with Gasteiger partial charge in [0, 0.05) is 23.5 Å². The Morgan fingerprint density at radius 1 is 1.37 bits per heavy atom. The summed E-state index contributed by atoms with van der Waals surface area (Å²) >= 11 is 1.34. The number of carbonyl (C=O) groups excluding carboxylic acids is 1. The summed E-state index contributed by atoms with van der Waals surface area (Å²) < 4.78 is 12.2. The van der Waals surface area contributed by atoms with E-state index >= 15 is 0 Å². The van der Waals surface area contributed by atoms with Crippen molar-refractivity contribution in [3.63, 3.8) is 0 Å². The first-order chi connectivity index (χ1) is 12.6. The summed E-state index contributed by atoms with van der Waals surface area (Å²) in [5.74, 6) is 1.24. The summed E-state index contributed by atoms with van der Waals surface area (Å²) in [6.07, 6.45) is 3.02. The fraction of sp³-hybridized carbons (Fsp3) is 0.667. The van der Waals surface area contributed by atoms with Crippen LogP contribution >= 0.6 is 11.3 Å². The van der Waals surface area contributed by atoms with Crippen molar-refractivity contribution in [1.82, 2.24) is 20.5 Å². The average Bonchev–Trinajstić information content (AvgIpc) is 3.19. The van der Waals surface area contributed by atoms with Gasteiger partial charge < -0.3 is 14.2 Å². The molecular weight excluding hydrogens is 380 g/mol. The van der Waals surface area contributed by atoms with Crippen LogP contribution in [0.2, 0.25) is 18.1 Å². The van der Waals surface area contributed by atoms with Crippen molar-refractivity contribution in [3.8, 4) is 0 Å². The maximum absolute atomic E-state index is 12.0. The second-order valence-electron chi connectivity index (χ2n) is 8.67. The van der Waals surface area contributed by atoms with Gasteiger partial charge in [0.25, 0.3) is 5.91 Å². The molecule has 1 aliphatic carbocycles. The van der Waals surface area contributed by atoms with E-state index in [1.165, 1.54) is 11.3 Å². The highest BCUT2D eigenvalue weighted by molar-refractivity contribution is 7.11. The molecule has 1 N–H and O–H groups in total. The lowest BCUT2D eigenvalue weighted by atomic mass is 9.80. The van der Waals surface area contributed by atoms with E-state index in [2.05, 4.69) is 54.4 Å². The maximum atomic E-state index is 12.0. The third kappa shape index (κ3) is 4.47. The summed E-state index contributed by atoms with van der Waals surface area (Å²) in [7, 11) is -1.90. The molecule has 2 aromatic heterocycles. The molecule has 0 bridgehead atoms. The van der Waals surface area contributed by atoms with Gasteiger partial charge >= 0.3 is 0 Å². The lowest BCUT2D eigenvalue weighted by molar-refractivity contribution is 0.0901. The van der Waals surface area contributed by atoms with Crippen LogP contribution in [0.5, 0.6) is 0 Å². The molecule has 1 atom stereocenters. The topological polar surface area (TPSA) is 90.1 Å². The molecule has 1 unspecified atom stereocenters. The number of aromatic nitrogens is 3. The van der Waals surface area contributed by atoms with Crippen LogP contribution in [0.25, 0.3) is 0 Å². The molecule has 2 aromatic rings. The van der Waals surface area contributed by atoms with Gasteiger partial charge in [0.05, 0.1) is 0 Å². The molecule has 3 rings (SSSR count). The Balaban J connectivity index is 1.52. The highest BCUT2D eigenvalue weighted by Crippen LogP contribution is 2.40. The fourth-order valence-corrected chi connectivity index (χ4v) is 4.64. The van der Waals surface area contributed by atoms with Crippen LogP contribution in [0.1, 0.15) is 74.1 Å². The summed E-state index contributed by atoms with van der Waals surface area (Å²) in [5.41, 5.74) is 0. The number of thiazole rings is 1. The average molecular weight is 409 g/mol. The second kappa shape index (κ2) is 7.44. The molecule has 27 heavy (non-hydrogen) atoms. The Morgan fingerprint density at radius 3 is 2.67 bits per heavy atom. The van der Waals surface area contributed by atoms with Crippen LogP contribution < -0.4 is 5.32 Å². The normalized spacial score (nSPS) is 21.6. The van der Waals surface area contributed by atoms with Crippen LogP contribution in [-0.4, -0.2) is 35.4 Å². The number of carbonyl (C=O) groups is 1. The summed E-state index contributed by atoms with van der Waals surface area (Å²) in [5, 5.41) is 13.8. The highest BCUT2D eigenvalue weighted by Gasteiger charge is 2.40. The van der Waals surface area contributed by atoms with E-state index in [-0.39, 0.29) is 29.0 Å². The van der Waals surface area contributed by atoms with Crippen LogP contribution in [0.15, 0.2) is 16.0 Å². The molecule has 0 aromatic carbocycles. The van der Waals surface area contributed by atoms with Gasteiger partial charge in [-0.1, -0.05) is 20.8 Å². The van der Waals surface area contributed by atoms with Gasteiger partial charge in [-0.3, -0.25) is 4.79 Å². The lowest BCUT2D eigenvalue weighted by Crippen LogP contribution is -2.43. The zero-order chi connectivity index (χ0) is 19.8. The zero-order valence-corrected chi connectivity index (χ0v) is 18.6. The number of hydrogen-bond donors (Lipinski definition) is 1. The Morgan fingerprint density at radius 2 is 2.07 bits per heavy atom. The van der Waals surface area contributed by atoms with Gasteiger partial charge in [-0.2, -0.15) is 0 Å². The molecule has 0 radical (unpaired) electrons. The number of hydrogen-bond acceptors (Lipinski definition) is 7. The third-order valence-electron chi connectivity index (χ3n) is 5.53. The molecule has 0 saturated heterocycles. The Labute approximate surface area is 165 Å². The monoisotopic (exact) mass is 408 g/mol. The predicted molar refractivity (Wildman–Crippen MR) is 106 cm³/mol. The van der Waals surface area contributed by atoms with Gasteiger partial charge in [0.2, 0.25) is 11.8 Å². The number of amides is 1. The van der Waals surface area contributed by atoms with Crippen molar-refractivity contribution < 1.29 is 13.6 Å². The van der Waals surface area contributed by atoms with Gasteiger partial charge in [-0.15, -0.1) is 21.5 Å². The molecule has 0 spiro atoms. The minimum atomic E-state index is -1.90. The van der Waals surface area contributed by atoms with Gasteiger partial charge in [0.15, 0.2) is 13.3 Å². The first-order valence-electron chi connectivity index (χ1n) is 9.28. The minimum absolute atomic E-state index is 0.115. The second-order valence-corrected chi connectivity index (χ2v) is 14.3. The Bertz CT molecular complexity index is 779. The molecular formula is C18H28N4O3SSi. The van der Waals surface area contributed by atoms with Crippen LogP contribution in [-0.2, 0) is 4.43 Å². The van der Waals surface area contributed by atoms with Crippen LogP contribution in [0.3, 0.4) is 0 Å². The van der Waals surface area contributed by atoms with E-state index < -0.39 is 8.32 Å². The number of nitrogens with zero attached hydrogens (tertiary/aromatic N) is 3. The third-order valence-corrected chi connectivity index (χ3v) is 10.9. The van der Waals surface area contributed by atoms with Crippen molar-refractivity contribution in [2.45, 2.75) is 76.7 Å². The first kappa shape index (κ1) is 20.2. The molecule has 1 aliphatic rings. The van der Waals surface area contributed by atoms with Gasteiger partial charge in [0.1, 0.15) is 6.10 Å². The first-order valence-corrected chi connectivity index (χ1v) is 13.1. The lowest BCUT2D eigenvalue weighted by Gasteiger charge is -2.37. The van der Waals surface area contributed by atoms with E-state index in [1.807, 2.05) is 6.92 Å². The van der Waals surface area contributed by atoms with E-state index in [0.29, 0.717) is 16.8 Å². The molecule has 7 nitrogen and oxygen atoms in total. The standard InChI is InChI=1S/C18H28N4O3SSi/c1-11(25-27(5,6)18(2,3)4)15-21-22-16(24-15)12-9-13(10-12)20-14(23)17-19-7-8-26-17/h7-8,11-13H,9-10H2,1-6H3,(H,20,23)/t11?,12-,13-. The summed E-state index contributed by atoms with van der Waals surface area (Å²) in [6.45, 7) is 13.0. The highest BCUT2D eigenvalue weighted by atomic mass is 32.1. The van der Waals surface area contributed by atoms with Crippen LogP contribution in [0.4, 0.5) is 0 Å². The van der Waals surface area contributed by atoms with Crippen molar-refractivity contribution in [1.29, 1.82) is 0 Å². The Kier molecular flexibility index (Phi) is 5.56. The van der Waals surface area contributed by atoms with Crippen LogP contribution in [0, 0.1) is 0 Å². The van der Waals surface area contributed by atoms with Crippen molar-refractivity contribution in [2.24, 2.45) is 0 Å². The summed E-state index contributed by atoms with van der Waals surface area (Å²) in [6, 6.07) is 0.127. The predicted octanol–water partition coefficient (Wildman–Crippen LogP) is 4.28. The SMILES string of the molecule is CC(O[Si](C)(C)C(C)(C)C)c1nnc([C@H]2C[C@H](NC(=O)c3nccs3)C2)o1. The smallest absolute Gasteiger partial charge is 0.280 e. The Hall–Kier alpha value is -1.58. The molecule has 0 aliphatic heterocycles. The maximum Gasteiger partial charge on any atom is 0.280 e. The fourth-order valence-electron chi connectivity index (χ4n) is 2.76. The van der Waals surface area contributed by atoms with E-state index in [4.69, 9.17) is 8.84 Å². The van der Waals surface area contributed by atoms with Gasteiger partial charge in [-0.05, 0) is 37.9 Å². The molecule has 148 valence electrons. The molecule has 1 amide bonds. The largest absolute Gasteiger partial charge is 0.422 e. The molecule has 9 heteroatoms. The van der Waals surface area contributed by atoms with E-state index in [1.54, 1.807) is 11.6 Å². The molecule has 2 heterocycles. The molecule has 1 saturated carbocycles. The minimum Gasteiger partial charge on any atom is -0.422 e. The van der Waals surface area contributed by atoms with Crippen molar-refractivity contribution in [2.75, 3.05) is 0 Å².